The van der Waals surface area contributed by atoms with Crippen molar-refractivity contribution in [2.24, 2.45) is 0 Å². The molecule has 0 saturated heterocycles. The van der Waals surface area contributed by atoms with E-state index in [9.17, 15) is 4.39 Å². The topological polar surface area (TPSA) is 29.0 Å². The lowest BCUT2D eigenvalue weighted by Gasteiger charge is -2.19. The van der Waals surface area contributed by atoms with Gasteiger partial charge in [-0.15, -0.1) is 0 Å². The zero-order valence-corrected chi connectivity index (χ0v) is 13.1. The minimum Gasteiger partial charge on any atom is -0.359 e. The van der Waals surface area contributed by atoms with Crippen molar-refractivity contribution in [3.8, 4) is 11.4 Å². The Morgan fingerprint density at radius 2 is 1.91 bits per heavy atom. The van der Waals surface area contributed by atoms with Gasteiger partial charge >= 0.3 is 0 Å². The Bertz CT molecular complexity index is 835. The van der Waals surface area contributed by atoms with Crippen molar-refractivity contribution >= 4 is 28.3 Å². The number of hydrogen-bond donors (Lipinski definition) is 0. The SMILES string of the molecule is CCN(C)c1nc(-c2ccccc2F)nc2ccc(Cl)cc12. The number of aromatic nitrogens is 2. The van der Waals surface area contributed by atoms with Gasteiger partial charge < -0.3 is 4.90 Å². The summed E-state index contributed by atoms with van der Waals surface area (Å²) in [6.07, 6.45) is 0. The van der Waals surface area contributed by atoms with E-state index in [2.05, 4.69) is 9.97 Å². The summed E-state index contributed by atoms with van der Waals surface area (Å²) >= 11 is 6.09. The fourth-order valence-electron chi connectivity index (χ4n) is 2.29. The molecule has 1 heterocycles. The van der Waals surface area contributed by atoms with Crippen molar-refractivity contribution in [2.75, 3.05) is 18.5 Å². The van der Waals surface area contributed by atoms with E-state index in [0.29, 0.717) is 16.4 Å². The molecule has 0 aliphatic rings. The van der Waals surface area contributed by atoms with Crippen LogP contribution in [0.1, 0.15) is 6.92 Å². The molecular formula is C17H15ClFN3. The van der Waals surface area contributed by atoms with Gasteiger partial charge in [-0.1, -0.05) is 23.7 Å². The summed E-state index contributed by atoms with van der Waals surface area (Å²) in [6.45, 7) is 2.80. The van der Waals surface area contributed by atoms with E-state index in [1.807, 2.05) is 31.0 Å². The molecule has 0 radical (unpaired) electrons. The van der Waals surface area contributed by atoms with E-state index in [4.69, 9.17) is 11.6 Å². The predicted octanol–water partition coefficient (Wildman–Crippen LogP) is 4.55. The van der Waals surface area contributed by atoms with Crippen LogP contribution in [-0.4, -0.2) is 23.6 Å². The molecule has 22 heavy (non-hydrogen) atoms. The smallest absolute Gasteiger partial charge is 0.165 e. The largest absolute Gasteiger partial charge is 0.359 e. The Labute approximate surface area is 133 Å². The molecular weight excluding hydrogens is 301 g/mol. The highest BCUT2D eigenvalue weighted by atomic mass is 35.5. The lowest BCUT2D eigenvalue weighted by molar-refractivity contribution is 0.630. The summed E-state index contributed by atoms with van der Waals surface area (Å²) in [5.41, 5.74) is 1.14. The Morgan fingerprint density at radius 1 is 1.14 bits per heavy atom. The second-order valence-corrected chi connectivity index (χ2v) is 5.46. The summed E-state index contributed by atoms with van der Waals surface area (Å²) in [5, 5.41) is 1.48. The predicted molar refractivity (Wildman–Crippen MR) is 88.9 cm³/mol. The van der Waals surface area contributed by atoms with Crippen LogP contribution < -0.4 is 4.90 Å². The summed E-state index contributed by atoms with van der Waals surface area (Å²) in [5.74, 6) is 0.789. The molecule has 0 unspecified atom stereocenters. The normalized spacial score (nSPS) is 10.9. The number of hydrogen-bond acceptors (Lipinski definition) is 3. The first-order valence-electron chi connectivity index (χ1n) is 7.03. The average molecular weight is 316 g/mol. The van der Waals surface area contributed by atoms with E-state index >= 15 is 0 Å². The van der Waals surface area contributed by atoms with Gasteiger partial charge in [0, 0.05) is 24.0 Å². The van der Waals surface area contributed by atoms with Gasteiger partial charge in [-0.3, -0.25) is 0 Å². The summed E-state index contributed by atoms with van der Waals surface area (Å²) in [7, 11) is 1.94. The molecule has 5 heteroatoms. The molecule has 112 valence electrons. The maximum atomic E-state index is 14.0. The van der Waals surface area contributed by atoms with Crippen molar-refractivity contribution in [3.63, 3.8) is 0 Å². The quantitative estimate of drug-likeness (QED) is 0.710. The molecule has 3 aromatic rings. The van der Waals surface area contributed by atoms with Crippen LogP contribution in [0.2, 0.25) is 5.02 Å². The average Bonchev–Trinajstić information content (AvgIpc) is 2.53. The van der Waals surface area contributed by atoms with Crippen molar-refractivity contribution in [1.82, 2.24) is 9.97 Å². The number of benzene rings is 2. The summed E-state index contributed by atoms with van der Waals surface area (Å²) < 4.78 is 14.0. The highest BCUT2D eigenvalue weighted by Crippen LogP contribution is 2.29. The molecule has 1 aromatic heterocycles. The number of anilines is 1. The van der Waals surface area contributed by atoms with Gasteiger partial charge in [-0.2, -0.15) is 0 Å². The third-order valence-electron chi connectivity index (χ3n) is 3.59. The van der Waals surface area contributed by atoms with Gasteiger partial charge in [0.1, 0.15) is 11.6 Å². The van der Waals surface area contributed by atoms with Crippen LogP contribution in [0.4, 0.5) is 10.2 Å². The van der Waals surface area contributed by atoms with Gasteiger partial charge in [0.25, 0.3) is 0 Å². The number of halogens is 2. The standard InChI is InChI=1S/C17H15ClFN3/c1-3-22(2)17-13-10-11(18)8-9-15(13)20-16(21-17)12-6-4-5-7-14(12)19/h4-10H,3H2,1-2H3. The van der Waals surface area contributed by atoms with Gasteiger partial charge in [-0.05, 0) is 37.3 Å². The maximum absolute atomic E-state index is 14.0. The highest BCUT2D eigenvalue weighted by molar-refractivity contribution is 6.31. The van der Waals surface area contributed by atoms with Crippen LogP contribution >= 0.6 is 11.6 Å². The summed E-state index contributed by atoms with van der Waals surface area (Å²) in [6, 6.07) is 12.0. The Kier molecular flexibility index (Phi) is 3.94. The van der Waals surface area contributed by atoms with Gasteiger partial charge in [0.2, 0.25) is 0 Å². The molecule has 0 aliphatic carbocycles. The third-order valence-corrected chi connectivity index (χ3v) is 3.82. The fourth-order valence-corrected chi connectivity index (χ4v) is 2.46. The Hall–Kier alpha value is -2.20. The molecule has 0 spiro atoms. The lowest BCUT2D eigenvalue weighted by Crippen LogP contribution is -2.18. The first-order chi connectivity index (χ1) is 10.6. The first kappa shape index (κ1) is 14.7. The summed E-state index contributed by atoms with van der Waals surface area (Å²) in [4.78, 5) is 11.0. The van der Waals surface area contributed by atoms with Crippen LogP contribution in [-0.2, 0) is 0 Å². The Balaban J connectivity index is 2.30. The third kappa shape index (κ3) is 2.62. The molecule has 0 atom stereocenters. The maximum Gasteiger partial charge on any atom is 0.165 e. The lowest BCUT2D eigenvalue weighted by atomic mass is 10.1. The number of rotatable bonds is 3. The fraction of sp³-hybridized carbons (Fsp3) is 0.176. The minimum absolute atomic E-state index is 0.332. The molecule has 0 aliphatic heterocycles. The van der Waals surface area contributed by atoms with Gasteiger partial charge in [0.05, 0.1) is 11.1 Å². The Morgan fingerprint density at radius 3 is 2.64 bits per heavy atom. The molecule has 0 amide bonds. The van der Waals surface area contributed by atoms with E-state index in [-0.39, 0.29) is 5.82 Å². The van der Waals surface area contributed by atoms with E-state index in [1.165, 1.54) is 6.07 Å². The van der Waals surface area contributed by atoms with Gasteiger partial charge in [-0.25, -0.2) is 14.4 Å². The number of nitrogens with zero attached hydrogens (tertiary/aromatic N) is 3. The number of fused-ring (bicyclic) bond motifs is 1. The monoisotopic (exact) mass is 315 g/mol. The van der Waals surface area contributed by atoms with Crippen molar-refractivity contribution in [2.45, 2.75) is 6.92 Å². The minimum atomic E-state index is -0.332. The molecule has 0 bridgehead atoms. The zero-order chi connectivity index (χ0) is 15.7. The van der Waals surface area contributed by atoms with Crippen molar-refractivity contribution in [1.29, 1.82) is 0 Å². The van der Waals surface area contributed by atoms with E-state index in [1.54, 1.807) is 24.3 Å². The van der Waals surface area contributed by atoms with Crippen molar-refractivity contribution in [3.05, 3.63) is 53.3 Å². The first-order valence-corrected chi connectivity index (χ1v) is 7.41. The van der Waals surface area contributed by atoms with Crippen LogP contribution in [0.15, 0.2) is 42.5 Å². The zero-order valence-electron chi connectivity index (χ0n) is 12.3. The molecule has 0 saturated carbocycles. The van der Waals surface area contributed by atoms with Crippen LogP contribution in [0.25, 0.3) is 22.3 Å². The van der Waals surface area contributed by atoms with Crippen LogP contribution in [0.3, 0.4) is 0 Å². The van der Waals surface area contributed by atoms with Crippen LogP contribution in [0, 0.1) is 5.82 Å². The molecule has 3 rings (SSSR count). The van der Waals surface area contributed by atoms with Crippen LogP contribution in [0.5, 0.6) is 0 Å². The molecule has 0 N–H and O–H groups in total. The molecule has 0 fully saturated rings. The second kappa shape index (κ2) is 5.89. The van der Waals surface area contributed by atoms with E-state index in [0.717, 1.165) is 23.3 Å². The second-order valence-electron chi connectivity index (χ2n) is 5.03. The molecule has 2 aromatic carbocycles. The highest BCUT2D eigenvalue weighted by Gasteiger charge is 2.14. The van der Waals surface area contributed by atoms with E-state index < -0.39 is 0 Å². The molecule has 3 nitrogen and oxygen atoms in total. The van der Waals surface area contributed by atoms with Crippen molar-refractivity contribution < 1.29 is 4.39 Å². The van der Waals surface area contributed by atoms with Gasteiger partial charge in [0.15, 0.2) is 5.82 Å².